The van der Waals surface area contributed by atoms with Gasteiger partial charge in [0, 0.05) is 12.1 Å². The molecule has 0 aromatic carbocycles. The van der Waals surface area contributed by atoms with Gasteiger partial charge in [-0.25, -0.2) is 0 Å². The lowest BCUT2D eigenvalue weighted by molar-refractivity contribution is 0.0904. The fraction of sp³-hybridized carbons (Fsp3) is 0.583. The molecule has 1 atom stereocenters. The Bertz CT molecular complexity index is 301. The van der Waals surface area contributed by atoms with Crippen LogP contribution in [0.2, 0.25) is 0 Å². The molecule has 1 aromatic heterocycles. The number of hydrogen-bond acceptors (Lipinski definition) is 1. The Morgan fingerprint density at radius 3 is 2.64 bits per heavy atom. The van der Waals surface area contributed by atoms with Crippen LogP contribution in [0.25, 0.3) is 0 Å². The first-order valence-electron chi connectivity index (χ1n) is 5.38. The summed E-state index contributed by atoms with van der Waals surface area (Å²) in [4.78, 5) is 15.0. The van der Waals surface area contributed by atoms with Crippen LogP contribution in [-0.2, 0) is 0 Å². The van der Waals surface area contributed by atoms with E-state index >= 15 is 0 Å². The lowest BCUT2D eigenvalue weighted by Gasteiger charge is -2.11. The number of H-pyrrole nitrogens is 1. The Morgan fingerprint density at radius 1 is 1.50 bits per heavy atom. The summed E-state index contributed by atoms with van der Waals surface area (Å²) in [6, 6.07) is 1.95. The van der Waals surface area contributed by atoms with Gasteiger partial charge in [-0.3, -0.25) is 4.79 Å². The topological polar surface area (TPSA) is 32.9 Å². The highest BCUT2D eigenvalue weighted by atomic mass is 16.1. The van der Waals surface area contributed by atoms with Gasteiger partial charge in [0.05, 0.1) is 5.69 Å². The minimum atomic E-state index is 0.192. The van der Waals surface area contributed by atoms with Crippen LogP contribution in [0.3, 0.4) is 0 Å². The van der Waals surface area contributed by atoms with Gasteiger partial charge in [-0.05, 0) is 31.4 Å². The fourth-order valence-corrected chi connectivity index (χ4v) is 1.79. The average molecular weight is 193 g/mol. The van der Waals surface area contributed by atoms with Gasteiger partial charge in [-0.2, -0.15) is 0 Å². The van der Waals surface area contributed by atoms with Crippen molar-refractivity contribution in [3.05, 3.63) is 23.5 Å². The lowest BCUT2D eigenvalue weighted by Crippen LogP contribution is -2.15. The third-order valence-electron chi connectivity index (χ3n) is 2.70. The molecule has 2 nitrogen and oxygen atoms in total. The highest BCUT2D eigenvalue weighted by Gasteiger charge is 2.19. The number of aryl methyl sites for hydroxylation is 1. The summed E-state index contributed by atoms with van der Waals surface area (Å²) in [6.07, 6.45) is 4.84. The van der Waals surface area contributed by atoms with Gasteiger partial charge in [-0.15, -0.1) is 0 Å². The van der Waals surface area contributed by atoms with Crippen LogP contribution in [0, 0.1) is 12.8 Å². The molecule has 0 radical (unpaired) electrons. The number of carbonyl (C=O) groups is 1. The smallest absolute Gasteiger partial charge is 0.182 e. The van der Waals surface area contributed by atoms with E-state index in [4.69, 9.17) is 0 Å². The molecule has 0 amide bonds. The third kappa shape index (κ3) is 2.25. The first-order chi connectivity index (χ1) is 6.70. The van der Waals surface area contributed by atoms with Gasteiger partial charge >= 0.3 is 0 Å². The van der Waals surface area contributed by atoms with Crippen LogP contribution < -0.4 is 0 Å². The molecule has 78 valence electrons. The zero-order valence-corrected chi connectivity index (χ0v) is 9.26. The summed E-state index contributed by atoms with van der Waals surface area (Å²) in [5.74, 6) is 0.467. The first-order valence-corrected chi connectivity index (χ1v) is 5.38. The molecular weight excluding hydrogens is 174 g/mol. The number of rotatable bonds is 5. The molecule has 1 unspecified atom stereocenters. The largest absolute Gasteiger partial charge is 0.359 e. The van der Waals surface area contributed by atoms with E-state index in [1.54, 1.807) is 0 Å². The zero-order chi connectivity index (χ0) is 10.6. The summed E-state index contributed by atoms with van der Waals surface area (Å²) in [6.45, 7) is 6.18. The maximum atomic E-state index is 12.0. The summed E-state index contributed by atoms with van der Waals surface area (Å²) >= 11 is 0. The van der Waals surface area contributed by atoms with Crippen molar-refractivity contribution in [1.82, 2.24) is 4.98 Å². The van der Waals surface area contributed by atoms with Crippen LogP contribution in [0.1, 0.15) is 49.2 Å². The number of Topliss-reactive ketones (excluding diaryl/α,β-unsaturated/α-hetero) is 1. The van der Waals surface area contributed by atoms with Gasteiger partial charge < -0.3 is 4.98 Å². The Kier molecular flexibility index (Phi) is 3.93. The van der Waals surface area contributed by atoms with Gasteiger partial charge in [-0.1, -0.05) is 20.3 Å². The van der Waals surface area contributed by atoms with Crippen molar-refractivity contribution in [1.29, 1.82) is 0 Å². The van der Waals surface area contributed by atoms with E-state index in [-0.39, 0.29) is 11.7 Å². The van der Waals surface area contributed by atoms with Gasteiger partial charge in [0.25, 0.3) is 0 Å². The minimum absolute atomic E-state index is 0.192. The van der Waals surface area contributed by atoms with E-state index in [2.05, 4.69) is 18.8 Å². The quantitative estimate of drug-likeness (QED) is 0.715. The highest BCUT2D eigenvalue weighted by molar-refractivity contribution is 5.97. The summed E-state index contributed by atoms with van der Waals surface area (Å²) < 4.78 is 0. The Hall–Kier alpha value is -1.05. The Balaban J connectivity index is 2.78. The number of hydrogen-bond donors (Lipinski definition) is 1. The maximum Gasteiger partial charge on any atom is 0.182 e. The second kappa shape index (κ2) is 4.99. The van der Waals surface area contributed by atoms with E-state index in [1.807, 2.05) is 19.2 Å². The molecule has 1 aromatic rings. The zero-order valence-electron chi connectivity index (χ0n) is 9.26. The van der Waals surface area contributed by atoms with Crippen LogP contribution in [0.4, 0.5) is 0 Å². The monoisotopic (exact) mass is 193 g/mol. The van der Waals surface area contributed by atoms with Crippen molar-refractivity contribution in [2.24, 2.45) is 5.92 Å². The first kappa shape index (κ1) is 11.0. The standard InChI is InChI=1S/C12H19NO/c1-4-6-10(5-2)12(14)11-9(3)7-8-13-11/h7-8,10,13H,4-6H2,1-3H3. The number of aromatic nitrogens is 1. The number of carbonyl (C=O) groups excluding carboxylic acids is 1. The highest BCUT2D eigenvalue weighted by Crippen LogP contribution is 2.18. The molecule has 0 aliphatic carbocycles. The molecule has 2 heteroatoms. The van der Waals surface area contributed by atoms with E-state index < -0.39 is 0 Å². The van der Waals surface area contributed by atoms with E-state index in [0.29, 0.717) is 0 Å². The molecule has 14 heavy (non-hydrogen) atoms. The minimum Gasteiger partial charge on any atom is -0.359 e. The summed E-state index contributed by atoms with van der Waals surface area (Å²) in [7, 11) is 0. The van der Waals surface area contributed by atoms with Crippen LogP contribution >= 0.6 is 0 Å². The molecule has 1 rings (SSSR count). The lowest BCUT2D eigenvalue weighted by atomic mass is 9.93. The molecule has 0 aliphatic heterocycles. The average Bonchev–Trinajstić information content (AvgIpc) is 2.59. The molecule has 0 saturated carbocycles. The van der Waals surface area contributed by atoms with E-state index in [1.165, 1.54) is 0 Å². The fourth-order valence-electron chi connectivity index (χ4n) is 1.79. The van der Waals surface area contributed by atoms with E-state index in [0.717, 1.165) is 30.5 Å². The molecule has 0 spiro atoms. The van der Waals surface area contributed by atoms with Gasteiger partial charge in [0.2, 0.25) is 0 Å². The van der Waals surface area contributed by atoms with Gasteiger partial charge in [0.15, 0.2) is 5.78 Å². The molecular formula is C12H19NO. The predicted octanol–water partition coefficient (Wildman–Crippen LogP) is 3.33. The molecule has 0 fully saturated rings. The van der Waals surface area contributed by atoms with Crippen molar-refractivity contribution in [2.75, 3.05) is 0 Å². The van der Waals surface area contributed by atoms with Crippen molar-refractivity contribution < 1.29 is 4.79 Å². The molecule has 0 aliphatic rings. The van der Waals surface area contributed by atoms with E-state index in [9.17, 15) is 4.79 Å². The third-order valence-corrected chi connectivity index (χ3v) is 2.70. The predicted molar refractivity (Wildman–Crippen MR) is 58.5 cm³/mol. The van der Waals surface area contributed by atoms with Crippen molar-refractivity contribution in [3.63, 3.8) is 0 Å². The molecule has 0 bridgehead atoms. The van der Waals surface area contributed by atoms with Crippen molar-refractivity contribution in [3.8, 4) is 0 Å². The summed E-state index contributed by atoms with van der Waals surface area (Å²) in [5, 5.41) is 0. The van der Waals surface area contributed by atoms with Crippen LogP contribution in [-0.4, -0.2) is 10.8 Å². The molecule has 1 N–H and O–H groups in total. The second-order valence-corrected chi connectivity index (χ2v) is 3.79. The number of aromatic amines is 1. The van der Waals surface area contributed by atoms with Gasteiger partial charge in [0.1, 0.15) is 0 Å². The Morgan fingerprint density at radius 2 is 2.21 bits per heavy atom. The molecule has 0 saturated heterocycles. The van der Waals surface area contributed by atoms with Crippen molar-refractivity contribution >= 4 is 5.78 Å². The number of nitrogens with one attached hydrogen (secondary N) is 1. The number of ketones is 1. The SMILES string of the molecule is CCCC(CC)C(=O)c1[nH]ccc1C. The summed E-state index contributed by atoms with van der Waals surface area (Å²) in [5.41, 5.74) is 1.86. The van der Waals surface area contributed by atoms with Crippen LogP contribution in [0.15, 0.2) is 12.3 Å². The van der Waals surface area contributed by atoms with Crippen molar-refractivity contribution in [2.45, 2.75) is 40.0 Å². The van der Waals surface area contributed by atoms with Crippen LogP contribution in [0.5, 0.6) is 0 Å². The Labute approximate surface area is 85.7 Å². The molecule has 1 heterocycles. The maximum absolute atomic E-state index is 12.0. The normalized spacial score (nSPS) is 12.8. The second-order valence-electron chi connectivity index (χ2n) is 3.79.